The van der Waals surface area contributed by atoms with E-state index in [9.17, 15) is 18.4 Å². The van der Waals surface area contributed by atoms with Gasteiger partial charge in [0.15, 0.2) is 0 Å². The van der Waals surface area contributed by atoms with Crippen molar-refractivity contribution in [3.63, 3.8) is 0 Å². The number of hydrogen-bond acceptors (Lipinski definition) is 4. The minimum absolute atomic E-state index is 0.00898. The normalized spacial score (nSPS) is 15.7. The Bertz CT molecular complexity index is 1030. The number of carbonyl (C=O) groups is 2. The van der Waals surface area contributed by atoms with Gasteiger partial charge in [0, 0.05) is 22.8 Å². The first-order valence-electron chi connectivity index (χ1n) is 9.47. The van der Waals surface area contributed by atoms with Crippen LogP contribution < -0.4 is 10.1 Å². The number of amides is 1. The maximum atomic E-state index is 14.5. The number of rotatable bonds is 5. The van der Waals surface area contributed by atoms with Crippen LogP contribution in [0, 0.1) is 11.6 Å². The second kappa shape index (κ2) is 7.53. The fraction of sp³-hybridized carbons (Fsp3) is 0.211. The van der Waals surface area contributed by atoms with E-state index in [1.807, 2.05) is 0 Å². The molecule has 0 aliphatic heterocycles. The fourth-order valence-electron chi connectivity index (χ4n) is 2.89. The molecule has 0 radical (unpaired) electrons. The highest BCUT2D eigenvalue weighted by molar-refractivity contribution is 6.09. The van der Waals surface area contributed by atoms with E-state index in [1.54, 1.807) is 0 Å². The molecule has 1 aromatic carbocycles. The number of aromatic nitrogens is 1. The number of ether oxygens (including phenoxy) is 1. The van der Waals surface area contributed by atoms with E-state index in [2.05, 4.69) is 15.0 Å². The van der Waals surface area contributed by atoms with E-state index in [-0.39, 0.29) is 41.1 Å². The predicted octanol–water partition coefficient (Wildman–Crippen LogP) is 3.54. The molecule has 0 saturated heterocycles. The molecule has 27 heavy (non-hydrogen) atoms. The number of nitrogens with zero attached hydrogens (tertiary/aromatic N) is 1. The van der Waals surface area contributed by atoms with Crippen LogP contribution in [0.5, 0.6) is 5.88 Å². The highest BCUT2D eigenvalue weighted by Crippen LogP contribution is 2.30. The molecule has 140 valence electrons. The average Bonchev–Trinajstić information content (AvgIpc) is 3.13. The molecule has 8 heteroatoms. The molecular weight excluding hydrogens is 358 g/mol. The predicted molar refractivity (Wildman–Crippen MR) is 93.3 cm³/mol. The molecule has 0 saturated carbocycles. The van der Waals surface area contributed by atoms with Crippen LogP contribution in [0.25, 0.3) is 11.3 Å². The van der Waals surface area contributed by atoms with Crippen LogP contribution in [0.4, 0.5) is 14.5 Å². The standard InChI is InChI=1S/C19H16F2N2O4/c1-27-16-7-3-6-15(22-16)10-8-13(20)17(14(21)9-10)23-18(24)11-4-2-5-12(11)19(25)26/h3,6-9H,2,4-5H2,1H3,(H,23,24)(H,25,26)/i1D3. The topological polar surface area (TPSA) is 88.5 Å². The summed E-state index contributed by atoms with van der Waals surface area (Å²) in [6, 6.07) is 5.94. The highest BCUT2D eigenvalue weighted by Gasteiger charge is 2.26. The third kappa shape index (κ3) is 3.79. The number of hydrogen-bond donors (Lipinski definition) is 2. The smallest absolute Gasteiger partial charge is 0.332 e. The number of nitrogens with one attached hydrogen (secondary N) is 1. The number of methoxy groups -OCH3 is 1. The van der Waals surface area contributed by atoms with Crippen molar-refractivity contribution in [2.75, 3.05) is 12.4 Å². The Kier molecular flexibility index (Phi) is 4.14. The molecule has 6 nitrogen and oxygen atoms in total. The molecular formula is C19H16F2N2O4. The summed E-state index contributed by atoms with van der Waals surface area (Å²) in [5.74, 6) is -4.56. The van der Waals surface area contributed by atoms with Crippen molar-refractivity contribution >= 4 is 17.6 Å². The third-order valence-electron chi connectivity index (χ3n) is 4.15. The molecule has 0 fully saturated rings. The van der Waals surface area contributed by atoms with Crippen LogP contribution >= 0.6 is 0 Å². The first-order valence-corrected chi connectivity index (χ1v) is 7.97. The van der Waals surface area contributed by atoms with Gasteiger partial charge < -0.3 is 15.2 Å². The summed E-state index contributed by atoms with van der Waals surface area (Å²) in [6.45, 7) is 0. The Morgan fingerprint density at radius 3 is 2.59 bits per heavy atom. The van der Waals surface area contributed by atoms with Gasteiger partial charge in [-0.05, 0) is 37.5 Å². The zero-order valence-corrected chi connectivity index (χ0v) is 13.9. The highest BCUT2D eigenvalue weighted by atomic mass is 19.1. The van der Waals surface area contributed by atoms with Gasteiger partial charge >= 0.3 is 5.97 Å². The van der Waals surface area contributed by atoms with E-state index < -0.39 is 36.2 Å². The minimum atomic E-state index is -2.74. The first-order chi connectivity index (χ1) is 14.0. The molecule has 2 N–H and O–H groups in total. The number of aliphatic carboxylic acids is 1. The summed E-state index contributed by atoms with van der Waals surface area (Å²) < 4.78 is 55.0. The van der Waals surface area contributed by atoms with Gasteiger partial charge in [0.1, 0.15) is 17.3 Å². The van der Waals surface area contributed by atoms with E-state index in [0.29, 0.717) is 6.42 Å². The molecule has 0 bridgehead atoms. The summed E-state index contributed by atoms with van der Waals surface area (Å²) in [6.07, 6.45) is 0.881. The summed E-state index contributed by atoms with van der Waals surface area (Å²) in [5, 5.41) is 11.2. The van der Waals surface area contributed by atoms with Gasteiger partial charge in [0.25, 0.3) is 5.91 Å². The van der Waals surface area contributed by atoms with Crippen molar-refractivity contribution in [2.45, 2.75) is 19.3 Å². The zero-order chi connectivity index (χ0) is 22.1. The maximum absolute atomic E-state index is 14.5. The molecule has 3 rings (SSSR count). The Morgan fingerprint density at radius 1 is 1.22 bits per heavy atom. The van der Waals surface area contributed by atoms with Crippen LogP contribution in [0.1, 0.15) is 23.4 Å². The lowest BCUT2D eigenvalue weighted by atomic mass is 10.1. The Hall–Kier alpha value is -3.29. The van der Waals surface area contributed by atoms with E-state index in [4.69, 9.17) is 9.22 Å². The Morgan fingerprint density at radius 2 is 1.93 bits per heavy atom. The lowest BCUT2D eigenvalue weighted by molar-refractivity contribution is -0.133. The van der Waals surface area contributed by atoms with Crippen LogP contribution in [-0.4, -0.2) is 29.0 Å². The second-order valence-electron chi connectivity index (χ2n) is 5.85. The van der Waals surface area contributed by atoms with Crippen LogP contribution in [-0.2, 0) is 9.59 Å². The first kappa shape index (κ1) is 14.8. The van der Waals surface area contributed by atoms with Gasteiger partial charge in [-0.15, -0.1) is 0 Å². The number of benzene rings is 1. The van der Waals surface area contributed by atoms with Crippen molar-refractivity contribution in [1.82, 2.24) is 4.98 Å². The summed E-state index contributed by atoms with van der Waals surface area (Å²) in [7, 11) is -2.74. The third-order valence-corrected chi connectivity index (χ3v) is 4.15. The monoisotopic (exact) mass is 377 g/mol. The van der Waals surface area contributed by atoms with Gasteiger partial charge in [0.2, 0.25) is 5.88 Å². The summed E-state index contributed by atoms with van der Waals surface area (Å²) >= 11 is 0. The molecule has 0 spiro atoms. The van der Waals surface area contributed by atoms with Crippen molar-refractivity contribution < 1.29 is 32.3 Å². The number of carboxylic acid groups (broad SMARTS) is 1. The van der Waals surface area contributed by atoms with Crippen LogP contribution in [0.3, 0.4) is 0 Å². The summed E-state index contributed by atoms with van der Waals surface area (Å²) in [4.78, 5) is 27.4. The molecule has 2 aromatic rings. The number of anilines is 1. The average molecular weight is 377 g/mol. The fourth-order valence-corrected chi connectivity index (χ4v) is 2.89. The number of carboxylic acids is 1. The SMILES string of the molecule is [2H]C([2H])([2H])Oc1cccc(-c2cc(F)c(NC(=O)C3=C(C(=O)O)CCC3)c(F)c2)n1. The molecule has 1 amide bonds. The number of carbonyl (C=O) groups excluding carboxylic acids is 1. The largest absolute Gasteiger partial charge is 0.481 e. The second-order valence-corrected chi connectivity index (χ2v) is 5.85. The lowest BCUT2D eigenvalue weighted by Gasteiger charge is -2.11. The van der Waals surface area contributed by atoms with Crippen LogP contribution in [0.2, 0.25) is 0 Å². The van der Waals surface area contributed by atoms with Crippen molar-refractivity contribution in [2.24, 2.45) is 0 Å². The molecule has 1 aliphatic rings. The number of pyridine rings is 1. The van der Waals surface area contributed by atoms with Crippen molar-refractivity contribution in [3.05, 3.63) is 53.1 Å². The van der Waals surface area contributed by atoms with E-state index in [0.717, 1.165) is 12.1 Å². The minimum Gasteiger partial charge on any atom is -0.481 e. The molecule has 1 heterocycles. The number of halogens is 2. The lowest BCUT2D eigenvalue weighted by Crippen LogP contribution is -2.18. The van der Waals surface area contributed by atoms with Crippen molar-refractivity contribution in [3.8, 4) is 17.1 Å². The molecule has 1 aliphatic carbocycles. The van der Waals surface area contributed by atoms with Gasteiger partial charge in [-0.1, -0.05) is 6.07 Å². The van der Waals surface area contributed by atoms with Gasteiger partial charge in [-0.25, -0.2) is 18.6 Å². The van der Waals surface area contributed by atoms with Gasteiger partial charge in [-0.2, -0.15) is 0 Å². The van der Waals surface area contributed by atoms with E-state index in [1.165, 1.54) is 18.2 Å². The Balaban J connectivity index is 1.88. The molecule has 0 unspecified atom stereocenters. The van der Waals surface area contributed by atoms with Gasteiger partial charge in [-0.3, -0.25) is 4.79 Å². The zero-order valence-electron chi connectivity index (χ0n) is 16.9. The summed E-state index contributed by atoms with van der Waals surface area (Å²) in [5.41, 5.74) is -0.756. The molecule has 1 aromatic heterocycles. The van der Waals surface area contributed by atoms with Gasteiger partial charge in [0.05, 0.1) is 16.8 Å². The maximum Gasteiger partial charge on any atom is 0.332 e. The van der Waals surface area contributed by atoms with Crippen molar-refractivity contribution in [1.29, 1.82) is 0 Å². The Labute approximate surface area is 157 Å². The quantitative estimate of drug-likeness (QED) is 0.832. The van der Waals surface area contributed by atoms with E-state index >= 15 is 0 Å². The molecule has 0 atom stereocenters. The van der Waals surface area contributed by atoms with Crippen LogP contribution in [0.15, 0.2) is 41.5 Å².